The van der Waals surface area contributed by atoms with Gasteiger partial charge in [0.25, 0.3) is 5.91 Å². The van der Waals surface area contributed by atoms with Crippen molar-refractivity contribution < 1.29 is 28.5 Å². The first kappa shape index (κ1) is 23.1. The summed E-state index contributed by atoms with van der Waals surface area (Å²) in [7, 11) is 2.87. The summed E-state index contributed by atoms with van der Waals surface area (Å²) in [6, 6.07) is 14.4. The molecule has 0 aliphatic rings. The van der Waals surface area contributed by atoms with Gasteiger partial charge in [-0.3, -0.25) is 4.79 Å². The lowest BCUT2D eigenvalue weighted by Crippen LogP contribution is -2.21. The van der Waals surface area contributed by atoms with Crippen LogP contribution in [0.4, 0.5) is 5.00 Å². The van der Waals surface area contributed by atoms with Gasteiger partial charge in [-0.25, -0.2) is 4.79 Å². The maximum atomic E-state index is 12.6. The highest BCUT2D eigenvalue weighted by atomic mass is 32.1. The van der Waals surface area contributed by atoms with Gasteiger partial charge in [0.15, 0.2) is 6.61 Å². The van der Waals surface area contributed by atoms with Crippen LogP contribution in [0.1, 0.15) is 22.2 Å². The quantitative estimate of drug-likeness (QED) is 0.461. The number of thiophene rings is 1. The number of methoxy groups -OCH3 is 2. The average Bonchev–Trinajstić information content (AvgIpc) is 3.13. The molecule has 32 heavy (non-hydrogen) atoms. The molecule has 0 fully saturated rings. The summed E-state index contributed by atoms with van der Waals surface area (Å²) in [5, 5.41) is 3.20. The topological polar surface area (TPSA) is 83.1 Å². The van der Waals surface area contributed by atoms with Crippen molar-refractivity contribution >= 4 is 28.2 Å². The van der Waals surface area contributed by atoms with E-state index in [1.54, 1.807) is 31.4 Å². The Morgan fingerprint density at radius 1 is 0.969 bits per heavy atom. The standard InChI is InChI=1S/C24H25NO6S/c1-5-30-17-11-9-16(10-12-17)21-15(2)32-23(22(21)24(27)29-4)25-20(26)14-31-19-8-6-7-18(13-19)28-3/h6-13H,5,14H2,1-4H3,(H,25,26). The summed E-state index contributed by atoms with van der Waals surface area (Å²) in [6.07, 6.45) is 0. The molecule has 1 aromatic heterocycles. The Balaban J connectivity index is 1.82. The lowest BCUT2D eigenvalue weighted by molar-refractivity contribution is -0.118. The third kappa shape index (κ3) is 5.39. The van der Waals surface area contributed by atoms with Crippen molar-refractivity contribution in [2.75, 3.05) is 32.8 Å². The van der Waals surface area contributed by atoms with Gasteiger partial charge in [0, 0.05) is 16.5 Å². The molecule has 0 unspecified atom stereocenters. The molecule has 0 aliphatic heterocycles. The van der Waals surface area contributed by atoms with Crippen LogP contribution in [-0.4, -0.2) is 39.3 Å². The van der Waals surface area contributed by atoms with Gasteiger partial charge in [0.1, 0.15) is 27.8 Å². The molecular weight excluding hydrogens is 430 g/mol. The monoisotopic (exact) mass is 455 g/mol. The van der Waals surface area contributed by atoms with Gasteiger partial charge in [-0.2, -0.15) is 0 Å². The molecule has 1 N–H and O–H groups in total. The number of esters is 1. The molecule has 8 heteroatoms. The Hall–Kier alpha value is -3.52. The van der Waals surface area contributed by atoms with Crippen LogP contribution in [0.5, 0.6) is 17.2 Å². The van der Waals surface area contributed by atoms with Gasteiger partial charge in [0.2, 0.25) is 0 Å². The number of nitrogens with one attached hydrogen (secondary N) is 1. The van der Waals surface area contributed by atoms with E-state index in [4.69, 9.17) is 18.9 Å². The molecule has 1 amide bonds. The van der Waals surface area contributed by atoms with Crippen LogP contribution in [-0.2, 0) is 9.53 Å². The minimum Gasteiger partial charge on any atom is -0.497 e. The van der Waals surface area contributed by atoms with Crippen LogP contribution < -0.4 is 19.5 Å². The van der Waals surface area contributed by atoms with Crippen molar-refractivity contribution in [1.29, 1.82) is 0 Å². The second-order valence-electron chi connectivity index (χ2n) is 6.70. The predicted molar refractivity (Wildman–Crippen MR) is 124 cm³/mol. The molecule has 0 saturated heterocycles. The van der Waals surface area contributed by atoms with E-state index in [1.807, 2.05) is 38.1 Å². The van der Waals surface area contributed by atoms with Gasteiger partial charge in [0.05, 0.1) is 20.8 Å². The fraction of sp³-hybridized carbons (Fsp3) is 0.250. The Morgan fingerprint density at radius 3 is 2.34 bits per heavy atom. The van der Waals surface area contributed by atoms with E-state index in [-0.39, 0.29) is 6.61 Å². The SMILES string of the molecule is CCOc1ccc(-c2c(C)sc(NC(=O)COc3cccc(OC)c3)c2C(=O)OC)cc1. The second kappa shape index (κ2) is 10.7. The van der Waals surface area contributed by atoms with E-state index in [0.717, 1.165) is 16.2 Å². The number of ether oxygens (including phenoxy) is 4. The molecule has 0 bridgehead atoms. The van der Waals surface area contributed by atoms with Crippen molar-refractivity contribution in [1.82, 2.24) is 0 Å². The van der Waals surface area contributed by atoms with Crippen LogP contribution in [0.25, 0.3) is 11.1 Å². The number of hydrogen-bond donors (Lipinski definition) is 1. The molecule has 7 nitrogen and oxygen atoms in total. The smallest absolute Gasteiger partial charge is 0.341 e. The fourth-order valence-electron chi connectivity index (χ4n) is 3.16. The molecule has 3 aromatic rings. The van der Waals surface area contributed by atoms with Gasteiger partial charge >= 0.3 is 5.97 Å². The molecule has 0 atom stereocenters. The largest absolute Gasteiger partial charge is 0.497 e. The molecule has 0 saturated carbocycles. The highest BCUT2D eigenvalue weighted by Gasteiger charge is 2.25. The van der Waals surface area contributed by atoms with Gasteiger partial charge in [-0.15, -0.1) is 11.3 Å². The van der Waals surface area contributed by atoms with Gasteiger partial charge < -0.3 is 24.3 Å². The Labute approximate surface area is 190 Å². The predicted octanol–water partition coefficient (Wildman–Crippen LogP) is 4.93. The Kier molecular flexibility index (Phi) is 7.72. The van der Waals surface area contributed by atoms with Gasteiger partial charge in [-0.1, -0.05) is 18.2 Å². The molecule has 2 aromatic carbocycles. The number of anilines is 1. The van der Waals surface area contributed by atoms with Crippen molar-refractivity contribution in [2.45, 2.75) is 13.8 Å². The minimum atomic E-state index is -0.526. The molecule has 3 rings (SSSR count). The lowest BCUT2D eigenvalue weighted by atomic mass is 10.0. The van der Waals surface area contributed by atoms with E-state index in [9.17, 15) is 9.59 Å². The molecule has 0 radical (unpaired) electrons. The van der Waals surface area contributed by atoms with E-state index in [1.165, 1.54) is 18.4 Å². The maximum absolute atomic E-state index is 12.6. The lowest BCUT2D eigenvalue weighted by Gasteiger charge is -2.10. The van der Waals surface area contributed by atoms with Crippen LogP contribution in [0.3, 0.4) is 0 Å². The molecule has 168 valence electrons. The molecule has 0 aliphatic carbocycles. The third-order valence-corrected chi connectivity index (χ3v) is 5.61. The van der Waals surface area contributed by atoms with Crippen LogP contribution in [0.15, 0.2) is 48.5 Å². The number of carbonyl (C=O) groups excluding carboxylic acids is 2. The van der Waals surface area contributed by atoms with Crippen molar-refractivity contribution in [3.63, 3.8) is 0 Å². The van der Waals surface area contributed by atoms with Crippen molar-refractivity contribution in [3.05, 3.63) is 59.0 Å². The fourth-order valence-corrected chi connectivity index (χ4v) is 4.24. The maximum Gasteiger partial charge on any atom is 0.341 e. The van der Waals surface area contributed by atoms with E-state index < -0.39 is 11.9 Å². The van der Waals surface area contributed by atoms with Crippen LogP contribution in [0, 0.1) is 6.92 Å². The third-order valence-electron chi connectivity index (χ3n) is 4.59. The molecular formula is C24H25NO6S. The zero-order chi connectivity index (χ0) is 23.1. The first-order valence-electron chi connectivity index (χ1n) is 9.98. The minimum absolute atomic E-state index is 0.219. The first-order chi connectivity index (χ1) is 15.5. The Bertz CT molecular complexity index is 1090. The second-order valence-corrected chi connectivity index (χ2v) is 7.93. The van der Waals surface area contributed by atoms with E-state index >= 15 is 0 Å². The summed E-state index contributed by atoms with van der Waals surface area (Å²) < 4.78 is 21.2. The number of carbonyl (C=O) groups is 2. The number of amides is 1. The van der Waals surface area contributed by atoms with E-state index in [2.05, 4.69) is 5.32 Å². The van der Waals surface area contributed by atoms with Gasteiger partial charge in [-0.05, 0) is 43.7 Å². The zero-order valence-corrected chi connectivity index (χ0v) is 19.2. The molecule has 1 heterocycles. The molecule has 0 spiro atoms. The van der Waals surface area contributed by atoms with E-state index in [0.29, 0.717) is 34.2 Å². The summed E-state index contributed by atoms with van der Waals surface area (Å²) in [6.45, 7) is 4.16. The van der Waals surface area contributed by atoms with Crippen molar-refractivity contribution in [2.24, 2.45) is 0 Å². The number of aryl methyl sites for hydroxylation is 1. The normalized spacial score (nSPS) is 10.4. The van der Waals surface area contributed by atoms with Crippen molar-refractivity contribution in [3.8, 4) is 28.4 Å². The summed E-state index contributed by atoms with van der Waals surface area (Å²) in [5.41, 5.74) is 1.86. The highest BCUT2D eigenvalue weighted by Crippen LogP contribution is 2.40. The van der Waals surface area contributed by atoms with Crippen LogP contribution >= 0.6 is 11.3 Å². The summed E-state index contributed by atoms with van der Waals surface area (Å²) in [5.74, 6) is 0.960. The van der Waals surface area contributed by atoms with Crippen LogP contribution in [0.2, 0.25) is 0 Å². The first-order valence-corrected chi connectivity index (χ1v) is 10.8. The number of rotatable bonds is 9. The average molecular weight is 456 g/mol. The summed E-state index contributed by atoms with van der Waals surface area (Å²) in [4.78, 5) is 26.0. The number of hydrogen-bond acceptors (Lipinski definition) is 7. The highest BCUT2D eigenvalue weighted by molar-refractivity contribution is 7.17. The number of benzene rings is 2. The zero-order valence-electron chi connectivity index (χ0n) is 18.4. The summed E-state index contributed by atoms with van der Waals surface area (Å²) >= 11 is 1.31. The Morgan fingerprint density at radius 2 is 1.69 bits per heavy atom.